The van der Waals surface area contributed by atoms with Crippen LogP contribution in [-0.4, -0.2) is 55.6 Å². The SMILES string of the molecule is CC(C)(C)c1ccc(N2CC(CNS(=O)(=O)N3CCCCCC3)C2)nn1. The van der Waals surface area contributed by atoms with Crippen molar-refractivity contribution in [1.82, 2.24) is 19.2 Å². The number of hydrogen-bond donors (Lipinski definition) is 1. The standard InChI is InChI=1S/C18H31N5O2S/c1-18(2,3)16-8-9-17(21-20-16)22-13-15(14-22)12-19-26(24,25)23-10-6-4-5-7-11-23/h8-9,15,19H,4-7,10-14H2,1-3H3. The predicted octanol–water partition coefficient (Wildman–Crippen LogP) is 1.92. The lowest BCUT2D eigenvalue weighted by atomic mass is 9.92. The molecule has 2 fully saturated rings. The molecule has 1 aromatic heterocycles. The van der Waals surface area contributed by atoms with Gasteiger partial charge in [-0.3, -0.25) is 0 Å². The molecule has 0 aliphatic carbocycles. The maximum atomic E-state index is 12.4. The van der Waals surface area contributed by atoms with Gasteiger partial charge >= 0.3 is 0 Å². The summed E-state index contributed by atoms with van der Waals surface area (Å²) in [4.78, 5) is 2.14. The van der Waals surface area contributed by atoms with Gasteiger partial charge in [-0.25, -0.2) is 4.72 Å². The van der Waals surface area contributed by atoms with Gasteiger partial charge in [-0.05, 0) is 25.0 Å². The molecule has 2 saturated heterocycles. The smallest absolute Gasteiger partial charge is 0.279 e. The third-order valence-corrected chi connectivity index (χ3v) is 6.74. The van der Waals surface area contributed by atoms with Crippen molar-refractivity contribution in [3.05, 3.63) is 17.8 Å². The molecule has 8 heteroatoms. The number of rotatable bonds is 5. The second-order valence-electron chi connectivity index (χ2n) is 8.46. The Bertz CT molecular complexity index is 685. The average molecular weight is 382 g/mol. The van der Waals surface area contributed by atoms with Gasteiger partial charge in [-0.15, -0.1) is 5.10 Å². The summed E-state index contributed by atoms with van der Waals surface area (Å²) in [6.45, 7) is 9.75. The zero-order valence-corrected chi connectivity index (χ0v) is 16.9. The maximum absolute atomic E-state index is 12.4. The lowest BCUT2D eigenvalue weighted by molar-refractivity contribution is 0.380. The fourth-order valence-electron chi connectivity index (χ4n) is 3.38. The van der Waals surface area contributed by atoms with E-state index >= 15 is 0 Å². The van der Waals surface area contributed by atoms with E-state index in [4.69, 9.17) is 0 Å². The lowest BCUT2D eigenvalue weighted by Gasteiger charge is -2.40. The first-order valence-electron chi connectivity index (χ1n) is 9.59. The lowest BCUT2D eigenvalue weighted by Crippen LogP contribution is -2.53. The zero-order valence-electron chi connectivity index (χ0n) is 16.1. The van der Waals surface area contributed by atoms with Gasteiger partial charge in [0.15, 0.2) is 5.82 Å². The Labute approximate surface area is 157 Å². The van der Waals surface area contributed by atoms with E-state index in [1.807, 2.05) is 12.1 Å². The zero-order chi connectivity index (χ0) is 18.8. The molecule has 0 bridgehead atoms. The molecule has 7 nitrogen and oxygen atoms in total. The van der Waals surface area contributed by atoms with Gasteiger partial charge in [0.1, 0.15) is 0 Å². The van der Waals surface area contributed by atoms with Crippen LogP contribution < -0.4 is 9.62 Å². The Kier molecular flexibility index (Phi) is 5.84. The summed E-state index contributed by atoms with van der Waals surface area (Å²) in [7, 11) is -3.35. The normalized spacial score (nSPS) is 20.7. The highest BCUT2D eigenvalue weighted by Gasteiger charge is 2.31. The van der Waals surface area contributed by atoms with Crippen molar-refractivity contribution in [3.8, 4) is 0 Å². The van der Waals surface area contributed by atoms with Crippen LogP contribution >= 0.6 is 0 Å². The fraction of sp³-hybridized carbons (Fsp3) is 0.778. The Morgan fingerprint density at radius 3 is 2.27 bits per heavy atom. The minimum absolute atomic E-state index is 0.00533. The largest absolute Gasteiger partial charge is 0.354 e. The highest BCUT2D eigenvalue weighted by Crippen LogP contribution is 2.25. The van der Waals surface area contributed by atoms with E-state index < -0.39 is 10.2 Å². The quantitative estimate of drug-likeness (QED) is 0.843. The van der Waals surface area contributed by atoms with E-state index in [0.717, 1.165) is 50.3 Å². The second-order valence-corrected chi connectivity index (χ2v) is 10.2. The number of anilines is 1. The van der Waals surface area contributed by atoms with Crippen LogP contribution in [0.3, 0.4) is 0 Å². The summed E-state index contributed by atoms with van der Waals surface area (Å²) in [6.07, 6.45) is 4.17. The summed E-state index contributed by atoms with van der Waals surface area (Å²) in [5, 5.41) is 8.65. The summed E-state index contributed by atoms with van der Waals surface area (Å²) < 4.78 is 29.3. The van der Waals surface area contributed by atoms with Crippen molar-refractivity contribution >= 4 is 16.0 Å². The summed E-state index contributed by atoms with van der Waals surface area (Å²) in [5.41, 5.74) is 0.970. The van der Waals surface area contributed by atoms with Crippen molar-refractivity contribution < 1.29 is 8.42 Å². The van der Waals surface area contributed by atoms with E-state index in [2.05, 4.69) is 40.6 Å². The maximum Gasteiger partial charge on any atom is 0.279 e. The minimum Gasteiger partial charge on any atom is -0.354 e. The molecule has 0 atom stereocenters. The van der Waals surface area contributed by atoms with Gasteiger partial charge in [0.05, 0.1) is 5.69 Å². The fourth-order valence-corrected chi connectivity index (χ4v) is 4.74. The van der Waals surface area contributed by atoms with Crippen LogP contribution in [0.25, 0.3) is 0 Å². The predicted molar refractivity (Wildman–Crippen MR) is 103 cm³/mol. The van der Waals surface area contributed by atoms with Crippen molar-refractivity contribution in [1.29, 1.82) is 0 Å². The molecule has 0 spiro atoms. The van der Waals surface area contributed by atoms with Crippen molar-refractivity contribution in [2.24, 2.45) is 5.92 Å². The highest BCUT2D eigenvalue weighted by atomic mass is 32.2. The monoisotopic (exact) mass is 381 g/mol. The average Bonchev–Trinajstić information content (AvgIpc) is 2.83. The molecule has 26 heavy (non-hydrogen) atoms. The molecule has 0 unspecified atom stereocenters. The summed E-state index contributed by atoms with van der Waals surface area (Å²) in [5.74, 6) is 1.19. The first-order valence-corrected chi connectivity index (χ1v) is 11.0. The molecule has 0 amide bonds. The Morgan fingerprint density at radius 1 is 1.08 bits per heavy atom. The molecule has 1 N–H and O–H groups in total. The highest BCUT2D eigenvalue weighted by molar-refractivity contribution is 7.87. The van der Waals surface area contributed by atoms with E-state index in [1.54, 1.807) is 4.31 Å². The minimum atomic E-state index is -3.35. The van der Waals surface area contributed by atoms with Gasteiger partial charge in [-0.2, -0.15) is 17.8 Å². The molecule has 3 heterocycles. The van der Waals surface area contributed by atoms with Crippen molar-refractivity contribution in [2.45, 2.75) is 51.9 Å². The van der Waals surface area contributed by atoms with Crippen LogP contribution in [0.5, 0.6) is 0 Å². The molecule has 0 aromatic carbocycles. The number of aromatic nitrogens is 2. The molecule has 0 radical (unpaired) electrons. The number of nitrogens with zero attached hydrogens (tertiary/aromatic N) is 4. The van der Waals surface area contributed by atoms with Crippen LogP contribution in [0.1, 0.15) is 52.1 Å². The van der Waals surface area contributed by atoms with Crippen molar-refractivity contribution in [2.75, 3.05) is 37.6 Å². The van der Waals surface area contributed by atoms with Crippen LogP contribution in [0, 0.1) is 5.92 Å². The third-order valence-electron chi connectivity index (χ3n) is 5.16. The molecule has 2 aliphatic rings. The van der Waals surface area contributed by atoms with Gasteiger partial charge in [-0.1, -0.05) is 33.6 Å². The van der Waals surface area contributed by atoms with Gasteiger partial charge in [0.2, 0.25) is 0 Å². The van der Waals surface area contributed by atoms with Crippen LogP contribution in [0.2, 0.25) is 0 Å². The first kappa shape index (κ1) is 19.5. The first-order chi connectivity index (χ1) is 12.3. The second kappa shape index (κ2) is 7.78. The van der Waals surface area contributed by atoms with Crippen molar-refractivity contribution in [3.63, 3.8) is 0 Å². The Hall–Kier alpha value is -1.25. The topological polar surface area (TPSA) is 78.4 Å². The van der Waals surface area contributed by atoms with Gasteiger partial charge < -0.3 is 4.90 Å². The van der Waals surface area contributed by atoms with E-state index in [-0.39, 0.29) is 5.41 Å². The molecular formula is C18H31N5O2S. The molecular weight excluding hydrogens is 350 g/mol. The Balaban J connectivity index is 1.46. The van der Waals surface area contributed by atoms with Gasteiger partial charge in [0, 0.05) is 44.1 Å². The van der Waals surface area contributed by atoms with Crippen LogP contribution in [-0.2, 0) is 15.6 Å². The van der Waals surface area contributed by atoms with Gasteiger partial charge in [0.25, 0.3) is 10.2 Å². The van der Waals surface area contributed by atoms with E-state index in [0.29, 0.717) is 25.6 Å². The van der Waals surface area contributed by atoms with E-state index in [1.165, 1.54) is 0 Å². The molecule has 1 aromatic rings. The van der Waals surface area contributed by atoms with Crippen LogP contribution in [0.4, 0.5) is 5.82 Å². The molecule has 2 aliphatic heterocycles. The molecule has 3 rings (SSSR count). The summed E-state index contributed by atoms with van der Waals surface area (Å²) >= 11 is 0. The van der Waals surface area contributed by atoms with E-state index in [9.17, 15) is 8.42 Å². The molecule has 0 saturated carbocycles. The van der Waals surface area contributed by atoms with Crippen LogP contribution in [0.15, 0.2) is 12.1 Å². The Morgan fingerprint density at radius 2 is 1.73 bits per heavy atom. The summed E-state index contributed by atoms with van der Waals surface area (Å²) in [6, 6.07) is 4.03. The molecule has 146 valence electrons. The third kappa shape index (κ3) is 4.72. The number of nitrogens with one attached hydrogen (secondary N) is 1. The number of hydrogen-bond acceptors (Lipinski definition) is 5.